The van der Waals surface area contributed by atoms with Gasteiger partial charge in [-0.1, -0.05) is 18.2 Å². The lowest BCUT2D eigenvalue weighted by Crippen LogP contribution is -2.45. The number of para-hydroxylation sites is 1. The van der Waals surface area contributed by atoms with Gasteiger partial charge in [-0.3, -0.25) is 4.79 Å². The summed E-state index contributed by atoms with van der Waals surface area (Å²) in [5.74, 6) is -0.482. The number of phenolic OH excluding ortho intramolecular Hbond substituents is 1. The van der Waals surface area contributed by atoms with Crippen LogP contribution in [0.3, 0.4) is 0 Å². The largest absolute Gasteiger partial charge is 0.508 e. The molecule has 6 nitrogen and oxygen atoms in total. The Morgan fingerprint density at radius 3 is 2.74 bits per heavy atom. The van der Waals surface area contributed by atoms with E-state index in [1.807, 2.05) is 0 Å². The van der Waals surface area contributed by atoms with Gasteiger partial charge >= 0.3 is 0 Å². The van der Waals surface area contributed by atoms with E-state index in [1.54, 1.807) is 43.3 Å². The molecule has 2 unspecified atom stereocenters. The van der Waals surface area contributed by atoms with Crippen LogP contribution >= 0.6 is 27.3 Å². The number of hydrogen-bond donors (Lipinski definition) is 2. The molecule has 1 amide bonds. The Kier molecular flexibility index (Phi) is 6.25. The Morgan fingerprint density at radius 1 is 1.33 bits per heavy atom. The van der Waals surface area contributed by atoms with E-state index in [2.05, 4.69) is 21.2 Å². The highest BCUT2D eigenvalue weighted by Gasteiger charge is 2.34. The van der Waals surface area contributed by atoms with Gasteiger partial charge in [-0.15, -0.1) is 11.3 Å². The normalized spacial score (nSPS) is 19.6. The quantitative estimate of drug-likeness (QED) is 0.696. The molecule has 3 rings (SSSR count). The molecule has 0 bridgehead atoms. The molecule has 1 aliphatic rings. The zero-order valence-corrected chi connectivity index (χ0v) is 18.0. The van der Waals surface area contributed by atoms with Gasteiger partial charge in [0.25, 0.3) is 10.0 Å². The van der Waals surface area contributed by atoms with Crippen LogP contribution in [-0.4, -0.2) is 36.8 Å². The van der Waals surface area contributed by atoms with Crippen LogP contribution in [0.4, 0.5) is 0 Å². The molecule has 1 aromatic heterocycles. The third-order valence-electron chi connectivity index (χ3n) is 4.66. The maximum Gasteiger partial charge on any atom is 0.252 e. The van der Waals surface area contributed by atoms with E-state index in [9.17, 15) is 18.3 Å². The topological polar surface area (TPSA) is 86.7 Å². The van der Waals surface area contributed by atoms with Gasteiger partial charge < -0.3 is 10.4 Å². The number of carbonyl (C=O) groups excluding carboxylic acids is 1. The van der Waals surface area contributed by atoms with Crippen molar-refractivity contribution < 1.29 is 18.3 Å². The van der Waals surface area contributed by atoms with E-state index in [1.165, 1.54) is 15.6 Å². The Bertz CT molecular complexity index is 929. The van der Waals surface area contributed by atoms with Gasteiger partial charge in [-0.2, -0.15) is 4.31 Å². The monoisotopic (exact) mass is 472 g/mol. The number of carbonyl (C=O) groups is 1. The molecule has 146 valence electrons. The number of phenols is 1. The van der Waals surface area contributed by atoms with E-state index >= 15 is 0 Å². The minimum Gasteiger partial charge on any atom is -0.508 e. The van der Waals surface area contributed by atoms with Crippen molar-refractivity contribution in [2.45, 2.75) is 30.0 Å². The standard InChI is InChI=1S/C18H21BrN2O4S2/c1-12(14-6-2-3-7-15(14)22)20-18(23)13-5-4-10-21(11-13)27(24,25)17-9-8-16(19)26-17/h2-3,6-9,12-13,22H,4-5,10-11H2,1H3,(H,20,23). The summed E-state index contributed by atoms with van der Waals surface area (Å²) in [4.78, 5) is 12.7. The average molecular weight is 473 g/mol. The number of rotatable bonds is 5. The van der Waals surface area contributed by atoms with E-state index in [-0.39, 0.29) is 28.5 Å². The summed E-state index contributed by atoms with van der Waals surface area (Å²) in [5.41, 5.74) is 0.634. The van der Waals surface area contributed by atoms with Crippen LogP contribution in [0.5, 0.6) is 5.75 Å². The fraction of sp³-hybridized carbons (Fsp3) is 0.389. The van der Waals surface area contributed by atoms with E-state index in [0.29, 0.717) is 24.9 Å². The second-order valence-electron chi connectivity index (χ2n) is 6.55. The lowest BCUT2D eigenvalue weighted by molar-refractivity contribution is -0.126. The fourth-order valence-corrected chi connectivity index (χ4v) is 6.89. The molecular formula is C18H21BrN2O4S2. The highest BCUT2D eigenvalue weighted by Crippen LogP contribution is 2.31. The van der Waals surface area contributed by atoms with Gasteiger partial charge in [-0.05, 0) is 53.9 Å². The van der Waals surface area contributed by atoms with Crippen LogP contribution in [0.2, 0.25) is 0 Å². The van der Waals surface area contributed by atoms with E-state index < -0.39 is 15.9 Å². The second kappa shape index (κ2) is 8.30. The maximum absolute atomic E-state index is 12.8. The van der Waals surface area contributed by atoms with E-state index in [4.69, 9.17) is 0 Å². The highest BCUT2D eigenvalue weighted by molar-refractivity contribution is 9.11. The molecule has 2 atom stereocenters. The van der Waals surface area contributed by atoms with Gasteiger partial charge in [0, 0.05) is 18.7 Å². The van der Waals surface area contributed by atoms with Crippen LogP contribution in [-0.2, 0) is 14.8 Å². The van der Waals surface area contributed by atoms with Crippen LogP contribution in [0, 0.1) is 5.92 Å². The number of amides is 1. The van der Waals surface area contributed by atoms with Gasteiger partial charge in [0.1, 0.15) is 9.96 Å². The van der Waals surface area contributed by atoms with Gasteiger partial charge in [0.2, 0.25) is 5.91 Å². The predicted molar refractivity (Wildman–Crippen MR) is 108 cm³/mol. The average Bonchev–Trinajstić information content (AvgIpc) is 3.09. The first kappa shape index (κ1) is 20.3. The number of benzene rings is 1. The lowest BCUT2D eigenvalue weighted by Gasteiger charge is -2.31. The number of thiophene rings is 1. The summed E-state index contributed by atoms with van der Waals surface area (Å²) in [6.07, 6.45) is 1.27. The van der Waals surface area contributed by atoms with Gasteiger partial charge in [0.15, 0.2) is 0 Å². The van der Waals surface area contributed by atoms with Crippen molar-refractivity contribution in [1.82, 2.24) is 9.62 Å². The van der Waals surface area contributed by atoms with Crippen molar-refractivity contribution in [1.29, 1.82) is 0 Å². The van der Waals surface area contributed by atoms with Crippen LogP contribution in [0.15, 0.2) is 44.4 Å². The molecule has 2 aromatic rings. The first-order chi connectivity index (χ1) is 12.8. The predicted octanol–water partition coefficient (Wildman–Crippen LogP) is 3.49. The molecule has 0 spiro atoms. The molecule has 0 radical (unpaired) electrons. The molecule has 1 saturated heterocycles. The van der Waals surface area contributed by atoms with Gasteiger partial charge in [-0.25, -0.2) is 8.42 Å². The number of halogens is 1. The van der Waals surface area contributed by atoms with Crippen molar-refractivity contribution in [3.8, 4) is 5.75 Å². The minimum absolute atomic E-state index is 0.126. The van der Waals surface area contributed by atoms with Crippen LogP contribution < -0.4 is 5.32 Å². The molecule has 2 N–H and O–H groups in total. The Balaban J connectivity index is 1.69. The molecule has 1 aliphatic heterocycles. The van der Waals surface area contributed by atoms with Crippen molar-refractivity contribution in [3.63, 3.8) is 0 Å². The molecule has 0 aliphatic carbocycles. The molecule has 9 heteroatoms. The lowest BCUT2D eigenvalue weighted by atomic mass is 9.97. The molecule has 2 heterocycles. The second-order valence-corrected chi connectivity index (χ2v) is 11.2. The molecule has 1 aromatic carbocycles. The summed E-state index contributed by atoms with van der Waals surface area (Å²) in [5, 5.41) is 12.8. The highest BCUT2D eigenvalue weighted by atomic mass is 79.9. The SMILES string of the molecule is CC(NC(=O)C1CCCN(S(=O)(=O)c2ccc(Br)s2)C1)c1ccccc1O. The first-order valence-electron chi connectivity index (χ1n) is 8.63. The third kappa shape index (κ3) is 4.53. The Labute approximate surface area is 171 Å². The molecule has 27 heavy (non-hydrogen) atoms. The number of nitrogens with zero attached hydrogens (tertiary/aromatic N) is 1. The van der Waals surface area contributed by atoms with Crippen molar-refractivity contribution >= 4 is 43.2 Å². The molecule has 0 saturated carbocycles. The zero-order valence-electron chi connectivity index (χ0n) is 14.8. The van der Waals surface area contributed by atoms with Crippen molar-refractivity contribution in [2.24, 2.45) is 5.92 Å². The summed E-state index contributed by atoms with van der Waals surface area (Å²) >= 11 is 4.46. The molecule has 1 fully saturated rings. The zero-order chi connectivity index (χ0) is 19.6. The number of piperidine rings is 1. The summed E-state index contributed by atoms with van der Waals surface area (Å²) in [6.45, 7) is 2.38. The van der Waals surface area contributed by atoms with Crippen LogP contribution in [0.25, 0.3) is 0 Å². The Morgan fingerprint density at radius 2 is 2.07 bits per heavy atom. The number of aromatic hydroxyl groups is 1. The Hall–Kier alpha value is -1.42. The minimum atomic E-state index is -3.59. The summed E-state index contributed by atoms with van der Waals surface area (Å²) in [6, 6.07) is 9.78. The van der Waals surface area contributed by atoms with Gasteiger partial charge in [0.05, 0.1) is 15.7 Å². The van der Waals surface area contributed by atoms with Crippen LogP contribution in [0.1, 0.15) is 31.4 Å². The molecular weight excluding hydrogens is 452 g/mol. The fourth-order valence-electron chi connectivity index (χ4n) is 3.20. The first-order valence-corrected chi connectivity index (χ1v) is 11.7. The van der Waals surface area contributed by atoms with Crippen molar-refractivity contribution in [2.75, 3.05) is 13.1 Å². The number of sulfonamides is 1. The van der Waals surface area contributed by atoms with E-state index in [0.717, 1.165) is 3.79 Å². The summed E-state index contributed by atoms with van der Waals surface area (Å²) in [7, 11) is -3.59. The number of nitrogens with one attached hydrogen (secondary N) is 1. The number of hydrogen-bond acceptors (Lipinski definition) is 5. The smallest absolute Gasteiger partial charge is 0.252 e. The maximum atomic E-state index is 12.8. The summed E-state index contributed by atoms with van der Waals surface area (Å²) < 4.78 is 28.0. The third-order valence-corrected chi connectivity index (χ3v) is 8.62. The van der Waals surface area contributed by atoms with Crippen molar-refractivity contribution in [3.05, 3.63) is 45.7 Å².